The van der Waals surface area contributed by atoms with Crippen LogP contribution in [0.3, 0.4) is 0 Å². The lowest BCUT2D eigenvalue weighted by Crippen LogP contribution is -2.57. The molecule has 1 saturated heterocycles. The third-order valence-corrected chi connectivity index (χ3v) is 3.81. The maximum atomic E-state index is 12.5. The van der Waals surface area contributed by atoms with Crippen molar-refractivity contribution in [3.63, 3.8) is 0 Å². The topological polar surface area (TPSA) is 102 Å². The van der Waals surface area contributed by atoms with Gasteiger partial charge in [0.05, 0.1) is 10.5 Å². The molecule has 0 bridgehead atoms. The predicted molar refractivity (Wildman–Crippen MR) is 82.7 cm³/mol. The lowest BCUT2D eigenvalue weighted by molar-refractivity contribution is -0.383. The van der Waals surface area contributed by atoms with E-state index in [4.69, 9.17) is 5.73 Å². The van der Waals surface area contributed by atoms with Crippen LogP contribution < -0.4 is 11.1 Å². The third kappa shape index (κ3) is 3.25. The molecule has 0 spiro atoms. The summed E-state index contributed by atoms with van der Waals surface area (Å²) in [5, 5.41) is 14.2. The summed E-state index contributed by atoms with van der Waals surface area (Å²) in [6.45, 7) is 5.21. The van der Waals surface area contributed by atoms with Crippen LogP contribution >= 0.6 is 12.4 Å². The second kappa shape index (κ2) is 6.73. The largest absolute Gasteiger partial charge is 0.393 e. The number of amides is 1. The molecule has 0 radical (unpaired) electrons. The Bertz CT molecular complexity index is 552. The summed E-state index contributed by atoms with van der Waals surface area (Å²) < 4.78 is 0. The number of nitrogens with two attached hydrogens (primary N) is 1. The molecule has 1 aliphatic rings. The minimum absolute atomic E-state index is 0. The summed E-state index contributed by atoms with van der Waals surface area (Å²) in [6.07, 6.45) is 0. The van der Waals surface area contributed by atoms with E-state index in [2.05, 4.69) is 5.32 Å². The second-order valence-electron chi connectivity index (χ2n) is 4.98. The van der Waals surface area contributed by atoms with Crippen molar-refractivity contribution in [2.45, 2.75) is 25.9 Å². The molecule has 2 unspecified atom stereocenters. The molecule has 7 nitrogen and oxygen atoms in total. The van der Waals surface area contributed by atoms with Gasteiger partial charge in [-0.2, -0.15) is 0 Å². The first-order chi connectivity index (χ1) is 9.43. The van der Waals surface area contributed by atoms with Crippen LogP contribution in [0.25, 0.3) is 0 Å². The molecule has 0 aliphatic carbocycles. The number of rotatable bonds is 2. The Morgan fingerprint density at radius 1 is 1.48 bits per heavy atom. The Balaban J connectivity index is 0.00000220. The van der Waals surface area contributed by atoms with Crippen LogP contribution in [0.2, 0.25) is 0 Å². The zero-order valence-electron chi connectivity index (χ0n) is 11.9. The van der Waals surface area contributed by atoms with Gasteiger partial charge in [0.25, 0.3) is 11.6 Å². The minimum Gasteiger partial charge on any atom is -0.393 e. The zero-order valence-corrected chi connectivity index (χ0v) is 12.7. The quantitative estimate of drug-likeness (QED) is 0.488. The van der Waals surface area contributed by atoms with Crippen molar-refractivity contribution in [3.05, 3.63) is 33.9 Å². The number of benzene rings is 1. The number of nitro benzene ring substituents is 1. The fraction of sp³-hybridized carbons (Fsp3) is 0.462. The van der Waals surface area contributed by atoms with E-state index in [9.17, 15) is 14.9 Å². The van der Waals surface area contributed by atoms with Crippen molar-refractivity contribution in [3.8, 4) is 0 Å². The molecular formula is C13H19ClN4O3. The Hall–Kier alpha value is -1.86. The van der Waals surface area contributed by atoms with E-state index >= 15 is 0 Å². The summed E-state index contributed by atoms with van der Waals surface area (Å²) in [7, 11) is 0. The maximum absolute atomic E-state index is 12.5. The molecule has 1 fully saturated rings. The van der Waals surface area contributed by atoms with Crippen LogP contribution in [0.1, 0.15) is 24.2 Å². The number of nitrogens with one attached hydrogen (secondary N) is 1. The molecular weight excluding hydrogens is 296 g/mol. The van der Waals surface area contributed by atoms with Crippen LogP contribution in [0.15, 0.2) is 18.2 Å². The van der Waals surface area contributed by atoms with Crippen LogP contribution in [0.4, 0.5) is 11.4 Å². The normalized spacial score (nSPS) is 21.5. The number of nitro groups is 1. The van der Waals surface area contributed by atoms with Gasteiger partial charge in [0.1, 0.15) is 5.69 Å². The smallest absolute Gasteiger partial charge is 0.292 e. The number of halogens is 1. The molecule has 2 rings (SSSR count). The Labute approximate surface area is 129 Å². The number of carbonyl (C=O) groups is 1. The molecule has 1 aliphatic heterocycles. The molecule has 0 saturated carbocycles. The maximum Gasteiger partial charge on any atom is 0.292 e. The number of anilines is 1. The van der Waals surface area contributed by atoms with Crippen molar-refractivity contribution in [2.24, 2.45) is 0 Å². The summed E-state index contributed by atoms with van der Waals surface area (Å²) >= 11 is 0. The van der Waals surface area contributed by atoms with Crippen LogP contribution in [0.5, 0.6) is 0 Å². The molecule has 1 amide bonds. The molecule has 1 heterocycles. The molecule has 1 aromatic rings. The molecule has 3 N–H and O–H groups in total. The van der Waals surface area contributed by atoms with Crippen molar-refractivity contribution in [1.29, 1.82) is 0 Å². The third-order valence-electron chi connectivity index (χ3n) is 3.81. The number of hydrogen-bond acceptors (Lipinski definition) is 5. The first-order valence-electron chi connectivity index (χ1n) is 6.50. The highest BCUT2D eigenvalue weighted by Gasteiger charge is 2.31. The van der Waals surface area contributed by atoms with E-state index in [0.717, 1.165) is 0 Å². The van der Waals surface area contributed by atoms with Crippen LogP contribution in [-0.4, -0.2) is 40.9 Å². The number of nitrogens with zero attached hydrogens (tertiary/aromatic N) is 2. The summed E-state index contributed by atoms with van der Waals surface area (Å²) in [4.78, 5) is 24.6. The monoisotopic (exact) mass is 314 g/mol. The van der Waals surface area contributed by atoms with Crippen LogP contribution in [0, 0.1) is 10.1 Å². The first-order valence-corrected chi connectivity index (χ1v) is 6.50. The number of nitrogen functional groups attached to an aromatic ring is 1. The van der Waals surface area contributed by atoms with Gasteiger partial charge in [-0.25, -0.2) is 0 Å². The van der Waals surface area contributed by atoms with Gasteiger partial charge in [-0.05, 0) is 19.9 Å². The van der Waals surface area contributed by atoms with Gasteiger partial charge in [0, 0.05) is 31.2 Å². The molecule has 1 aromatic carbocycles. The molecule has 0 aromatic heterocycles. The average molecular weight is 315 g/mol. The van der Waals surface area contributed by atoms with E-state index in [1.165, 1.54) is 18.2 Å². The summed E-state index contributed by atoms with van der Waals surface area (Å²) in [6, 6.07) is 4.50. The van der Waals surface area contributed by atoms with Gasteiger partial charge in [0.2, 0.25) is 0 Å². The predicted octanol–water partition coefficient (Wildman–Crippen LogP) is 1.42. The second-order valence-corrected chi connectivity index (χ2v) is 4.98. The highest BCUT2D eigenvalue weighted by Crippen LogP contribution is 2.26. The Morgan fingerprint density at radius 2 is 2.14 bits per heavy atom. The van der Waals surface area contributed by atoms with Crippen molar-refractivity contribution in [1.82, 2.24) is 10.2 Å². The number of carbonyl (C=O) groups excluding carboxylic acids is 1. The highest BCUT2D eigenvalue weighted by atomic mass is 35.5. The van der Waals surface area contributed by atoms with Gasteiger partial charge in [-0.3, -0.25) is 14.9 Å². The number of hydrogen-bond donors (Lipinski definition) is 2. The molecule has 8 heteroatoms. The Morgan fingerprint density at radius 3 is 2.76 bits per heavy atom. The van der Waals surface area contributed by atoms with E-state index in [1.54, 1.807) is 4.90 Å². The zero-order chi connectivity index (χ0) is 14.9. The average Bonchev–Trinajstić information content (AvgIpc) is 2.41. The van der Waals surface area contributed by atoms with E-state index in [0.29, 0.717) is 13.1 Å². The minimum atomic E-state index is -0.573. The molecule has 21 heavy (non-hydrogen) atoms. The van der Waals surface area contributed by atoms with E-state index in [1.807, 2.05) is 13.8 Å². The molecule has 2 atom stereocenters. The van der Waals surface area contributed by atoms with E-state index in [-0.39, 0.29) is 47.3 Å². The van der Waals surface area contributed by atoms with Gasteiger partial charge >= 0.3 is 0 Å². The van der Waals surface area contributed by atoms with Crippen molar-refractivity contribution < 1.29 is 9.72 Å². The number of para-hydroxylation sites is 1. The van der Waals surface area contributed by atoms with E-state index < -0.39 is 4.92 Å². The fourth-order valence-electron chi connectivity index (χ4n) is 2.40. The van der Waals surface area contributed by atoms with Gasteiger partial charge in [0.15, 0.2) is 0 Å². The van der Waals surface area contributed by atoms with Crippen molar-refractivity contribution >= 4 is 29.7 Å². The van der Waals surface area contributed by atoms with Gasteiger partial charge in [-0.15, -0.1) is 12.4 Å². The summed E-state index contributed by atoms with van der Waals surface area (Å²) in [5.74, 6) is -0.257. The van der Waals surface area contributed by atoms with Crippen molar-refractivity contribution in [2.75, 3.05) is 18.8 Å². The standard InChI is InChI=1S/C13H18N4O3.ClH/c1-8-9(2)16(7-6-15-8)13(18)10-4-3-5-11(12(10)14)17(19)20;/h3-5,8-9,15H,6-7,14H2,1-2H3;1H. The lowest BCUT2D eigenvalue weighted by atomic mass is 10.0. The number of piperazine rings is 1. The first kappa shape index (κ1) is 17.2. The fourth-order valence-corrected chi connectivity index (χ4v) is 2.40. The summed E-state index contributed by atoms with van der Waals surface area (Å²) in [5.41, 5.74) is 5.66. The SMILES string of the molecule is CC1NCCN(C(=O)c2cccc([N+](=O)[O-])c2N)C1C.Cl. The van der Waals surface area contributed by atoms with Gasteiger partial charge in [-0.1, -0.05) is 6.07 Å². The highest BCUT2D eigenvalue weighted by molar-refractivity contribution is 6.01. The van der Waals surface area contributed by atoms with Crippen LogP contribution in [-0.2, 0) is 0 Å². The Kier molecular flexibility index (Phi) is 5.51. The lowest BCUT2D eigenvalue weighted by Gasteiger charge is -2.38. The molecule has 116 valence electrons. The van der Waals surface area contributed by atoms with Gasteiger partial charge < -0.3 is 16.0 Å².